The number of piperidine rings is 1. The van der Waals surface area contributed by atoms with Gasteiger partial charge in [0.05, 0.1) is 12.8 Å². The summed E-state index contributed by atoms with van der Waals surface area (Å²) in [6, 6.07) is 5.57. The van der Waals surface area contributed by atoms with E-state index in [1.54, 1.807) is 6.07 Å². The normalized spacial score (nSPS) is 17.1. The maximum atomic E-state index is 14.0. The van der Waals surface area contributed by atoms with Crippen LogP contribution in [0.4, 0.5) is 10.2 Å². The second-order valence-corrected chi connectivity index (χ2v) is 17.3. The van der Waals surface area contributed by atoms with Gasteiger partial charge in [0, 0.05) is 46.8 Å². The van der Waals surface area contributed by atoms with Crippen molar-refractivity contribution in [2.45, 2.75) is 64.7 Å². The highest BCUT2D eigenvalue weighted by Gasteiger charge is 2.37. The van der Waals surface area contributed by atoms with E-state index >= 15 is 0 Å². The summed E-state index contributed by atoms with van der Waals surface area (Å²) in [7, 11) is -0.404. The van der Waals surface area contributed by atoms with Crippen molar-refractivity contribution in [3.8, 4) is 11.3 Å². The first-order valence-electron chi connectivity index (χ1n) is 13.2. The summed E-state index contributed by atoms with van der Waals surface area (Å²) in [5.41, 5.74) is 2.43. The number of anilines is 1. The molecule has 0 amide bonds. The average Bonchev–Trinajstić information content (AvgIpc) is 3.23. The first kappa shape index (κ1) is 28.6. The summed E-state index contributed by atoms with van der Waals surface area (Å²) >= 11 is 1.34. The van der Waals surface area contributed by atoms with Crippen molar-refractivity contribution in [1.29, 1.82) is 0 Å². The number of ether oxygens (including phenoxy) is 1. The highest BCUT2D eigenvalue weighted by Crippen LogP contribution is 2.36. The van der Waals surface area contributed by atoms with Crippen LogP contribution in [0.1, 0.15) is 49.5 Å². The van der Waals surface area contributed by atoms with Crippen molar-refractivity contribution in [3.05, 3.63) is 40.5 Å². The van der Waals surface area contributed by atoms with Gasteiger partial charge >= 0.3 is 5.97 Å². The van der Waals surface area contributed by atoms with Gasteiger partial charge in [-0.25, -0.2) is 9.18 Å². The Morgan fingerprint density at radius 2 is 2.05 bits per heavy atom. The summed E-state index contributed by atoms with van der Waals surface area (Å²) in [6.07, 6.45) is 2.02. The molecule has 0 spiro atoms. The number of halogens is 1. The van der Waals surface area contributed by atoms with Crippen molar-refractivity contribution < 1.29 is 18.3 Å². The lowest BCUT2D eigenvalue weighted by atomic mass is 10.0. The van der Waals surface area contributed by atoms with Crippen molar-refractivity contribution in [3.63, 3.8) is 0 Å². The molecule has 0 unspecified atom stereocenters. The van der Waals surface area contributed by atoms with Crippen LogP contribution in [0.25, 0.3) is 21.3 Å². The number of fused-ring (bicyclic) bond motifs is 1. The summed E-state index contributed by atoms with van der Waals surface area (Å²) in [5.74, 6) is -0.257. The molecule has 10 heteroatoms. The number of likely N-dealkylation sites (tertiary alicyclic amines) is 1. The van der Waals surface area contributed by atoms with Crippen LogP contribution in [0.3, 0.4) is 0 Å². The van der Waals surface area contributed by atoms with Crippen LogP contribution in [0.2, 0.25) is 18.1 Å². The maximum absolute atomic E-state index is 14.0. The van der Waals surface area contributed by atoms with Crippen LogP contribution in [-0.4, -0.2) is 68.8 Å². The standard InChI is InChI=1S/C28H39FN4O3SSi/c1-18-24(27(34)35-5)26(32-31-25(18)19-10-11-21-22(29)17-37-23(21)15-19)30-20-9-8-12-33(16-20)13-14-36-38(6,7)28(2,3)4/h10-11,15,17,20H,8-9,12-14,16H2,1-7H3,(H,30,32)/t20-/m1/s1. The molecule has 38 heavy (non-hydrogen) atoms. The van der Waals surface area contributed by atoms with Crippen molar-refractivity contribution >= 4 is 41.5 Å². The fourth-order valence-electron chi connectivity index (χ4n) is 4.61. The smallest absolute Gasteiger partial charge is 0.342 e. The van der Waals surface area contributed by atoms with Crippen LogP contribution in [0.5, 0.6) is 0 Å². The van der Waals surface area contributed by atoms with Gasteiger partial charge in [-0.2, -0.15) is 0 Å². The predicted octanol–water partition coefficient (Wildman–Crippen LogP) is 6.49. The van der Waals surface area contributed by atoms with Crippen LogP contribution in [0, 0.1) is 12.7 Å². The molecule has 0 saturated carbocycles. The molecule has 1 aliphatic heterocycles. The zero-order chi connectivity index (χ0) is 27.7. The van der Waals surface area contributed by atoms with E-state index in [1.807, 2.05) is 19.1 Å². The number of methoxy groups -OCH3 is 1. The van der Waals surface area contributed by atoms with E-state index in [9.17, 15) is 9.18 Å². The Bertz CT molecular complexity index is 1310. The summed E-state index contributed by atoms with van der Waals surface area (Å²) in [5, 5.41) is 14.7. The Morgan fingerprint density at radius 3 is 2.76 bits per heavy atom. The van der Waals surface area contributed by atoms with E-state index in [0.29, 0.717) is 28.0 Å². The molecule has 4 rings (SSSR count). The monoisotopic (exact) mass is 558 g/mol. The number of nitrogens with one attached hydrogen (secondary N) is 1. The van der Waals surface area contributed by atoms with Crippen LogP contribution in [-0.2, 0) is 9.16 Å². The first-order chi connectivity index (χ1) is 17.9. The summed E-state index contributed by atoms with van der Waals surface area (Å²) < 4.78 is 26.3. The minimum atomic E-state index is -1.78. The fraction of sp³-hybridized carbons (Fsp3) is 0.536. The molecule has 0 aliphatic carbocycles. The SMILES string of the molecule is COC(=O)c1c(N[C@@H]2CCCN(CCO[Si](C)(C)C(C)(C)C)C2)nnc(-c2ccc3c(F)csc3c2)c1C. The van der Waals surface area contributed by atoms with E-state index in [1.165, 1.54) is 23.8 Å². The van der Waals surface area contributed by atoms with Crippen molar-refractivity contribution in [2.75, 3.05) is 38.7 Å². The van der Waals surface area contributed by atoms with E-state index in [2.05, 4.69) is 54.3 Å². The van der Waals surface area contributed by atoms with Crippen LogP contribution >= 0.6 is 11.3 Å². The third-order valence-corrected chi connectivity index (χ3v) is 13.4. The fourth-order valence-corrected chi connectivity index (χ4v) is 6.49. The molecule has 3 aromatic rings. The van der Waals surface area contributed by atoms with E-state index < -0.39 is 14.3 Å². The summed E-state index contributed by atoms with van der Waals surface area (Å²) in [6.45, 7) is 16.7. The quantitative estimate of drug-likeness (QED) is 0.250. The summed E-state index contributed by atoms with van der Waals surface area (Å²) in [4.78, 5) is 15.3. The third-order valence-electron chi connectivity index (χ3n) is 7.93. The number of rotatable bonds is 8. The van der Waals surface area contributed by atoms with E-state index in [0.717, 1.165) is 49.3 Å². The Hall–Kier alpha value is -2.40. The van der Waals surface area contributed by atoms with Crippen molar-refractivity contribution in [2.24, 2.45) is 0 Å². The molecule has 206 valence electrons. The van der Waals surface area contributed by atoms with Crippen LogP contribution < -0.4 is 5.32 Å². The molecule has 0 radical (unpaired) electrons. The number of hydrogen-bond donors (Lipinski definition) is 1. The highest BCUT2D eigenvalue weighted by atomic mass is 32.1. The van der Waals surface area contributed by atoms with Gasteiger partial charge in [0.1, 0.15) is 11.4 Å². The highest BCUT2D eigenvalue weighted by molar-refractivity contribution is 7.17. The van der Waals surface area contributed by atoms with Gasteiger partial charge in [0.25, 0.3) is 0 Å². The van der Waals surface area contributed by atoms with Gasteiger partial charge < -0.3 is 14.5 Å². The van der Waals surface area contributed by atoms with Crippen LogP contribution in [0.15, 0.2) is 23.6 Å². The number of hydrogen-bond acceptors (Lipinski definition) is 8. The van der Waals surface area contributed by atoms with Gasteiger partial charge in [-0.3, -0.25) is 4.90 Å². The van der Waals surface area contributed by atoms with Gasteiger partial charge in [0.2, 0.25) is 0 Å². The molecule has 1 aliphatic rings. The minimum Gasteiger partial charge on any atom is -0.465 e. The topological polar surface area (TPSA) is 76.6 Å². The minimum absolute atomic E-state index is 0.130. The Labute approximate surface area is 229 Å². The zero-order valence-electron chi connectivity index (χ0n) is 23.5. The van der Waals surface area contributed by atoms with Gasteiger partial charge in [-0.1, -0.05) is 26.8 Å². The molecular formula is C28H39FN4O3SSi. The number of esters is 1. The molecule has 2 aromatic heterocycles. The molecule has 1 N–H and O–H groups in total. The molecule has 1 saturated heterocycles. The molecular weight excluding hydrogens is 519 g/mol. The lowest BCUT2D eigenvalue weighted by Crippen LogP contribution is -2.46. The van der Waals surface area contributed by atoms with E-state index in [-0.39, 0.29) is 16.9 Å². The average molecular weight is 559 g/mol. The second kappa shape index (κ2) is 11.4. The molecule has 1 atom stereocenters. The number of carbonyl (C=O) groups is 1. The third kappa shape index (κ3) is 6.08. The maximum Gasteiger partial charge on any atom is 0.342 e. The zero-order valence-corrected chi connectivity index (χ0v) is 25.3. The van der Waals surface area contributed by atoms with Crippen molar-refractivity contribution in [1.82, 2.24) is 15.1 Å². The van der Waals surface area contributed by atoms with Gasteiger partial charge in [-0.05, 0) is 62.1 Å². The van der Waals surface area contributed by atoms with Gasteiger partial charge in [0.15, 0.2) is 14.1 Å². The lowest BCUT2D eigenvalue weighted by molar-refractivity contribution is 0.0600. The lowest BCUT2D eigenvalue weighted by Gasteiger charge is -2.38. The van der Waals surface area contributed by atoms with E-state index in [4.69, 9.17) is 9.16 Å². The molecule has 0 bridgehead atoms. The number of nitrogens with zero attached hydrogens (tertiary/aromatic N) is 3. The molecule has 7 nitrogen and oxygen atoms in total. The van der Waals surface area contributed by atoms with Gasteiger partial charge in [-0.15, -0.1) is 21.5 Å². The number of thiophene rings is 1. The molecule has 1 fully saturated rings. The number of carbonyl (C=O) groups excluding carboxylic acids is 1. The largest absolute Gasteiger partial charge is 0.465 e. The Kier molecular flexibility index (Phi) is 8.56. The molecule has 3 heterocycles. The second-order valence-electron chi connectivity index (χ2n) is 11.6. The number of benzene rings is 1. The Balaban J connectivity index is 1.50. The first-order valence-corrected chi connectivity index (χ1v) is 17.0. The number of aromatic nitrogens is 2. The predicted molar refractivity (Wildman–Crippen MR) is 155 cm³/mol. The Morgan fingerprint density at radius 1 is 1.29 bits per heavy atom. The molecule has 1 aromatic carbocycles.